The van der Waals surface area contributed by atoms with Gasteiger partial charge in [0.2, 0.25) is 0 Å². The second kappa shape index (κ2) is 8.49. The quantitative estimate of drug-likeness (QED) is 0.417. The van der Waals surface area contributed by atoms with Gasteiger partial charge in [-0.05, 0) is 42.5 Å². The molecule has 1 atom stereocenters. The zero-order valence-corrected chi connectivity index (χ0v) is 16.1. The molecule has 1 aliphatic rings. The Morgan fingerprint density at radius 2 is 2.00 bits per heavy atom. The molecule has 0 bridgehead atoms. The minimum atomic E-state index is -1.02. The Hall–Kier alpha value is -2.14. The lowest BCUT2D eigenvalue weighted by atomic mass is 10.2. The van der Waals surface area contributed by atoms with Gasteiger partial charge < -0.3 is 9.47 Å². The van der Waals surface area contributed by atoms with E-state index in [1.54, 1.807) is 0 Å². The highest BCUT2D eigenvalue weighted by atomic mass is 35.5. The zero-order chi connectivity index (χ0) is 19.4. The standard InChI is InChI=1S/C17H13Cl2NO5S/c1-4-5-25-14-11(18)6-10(7-12(14)19)8-13-15(21)20(17(23)26-13)9(2)16(22)24-3/h1,6-9H,5H2,2-3H3/b13-8+/t9-/m0/s1. The van der Waals surface area contributed by atoms with Crippen LogP contribution in [-0.2, 0) is 14.3 Å². The van der Waals surface area contributed by atoms with Crippen LogP contribution in [0.25, 0.3) is 6.08 Å². The number of carbonyl (C=O) groups is 3. The summed E-state index contributed by atoms with van der Waals surface area (Å²) >= 11 is 13.0. The molecule has 2 rings (SSSR count). The van der Waals surface area contributed by atoms with Crippen LogP contribution in [0.1, 0.15) is 12.5 Å². The Morgan fingerprint density at radius 1 is 1.38 bits per heavy atom. The highest BCUT2D eigenvalue weighted by molar-refractivity contribution is 8.18. The number of imide groups is 1. The Bertz CT molecular complexity index is 823. The molecule has 0 saturated carbocycles. The van der Waals surface area contributed by atoms with Gasteiger partial charge in [-0.2, -0.15) is 0 Å². The number of hydrogen-bond donors (Lipinski definition) is 0. The van der Waals surface area contributed by atoms with E-state index in [0.29, 0.717) is 17.3 Å². The van der Waals surface area contributed by atoms with Crippen molar-refractivity contribution in [2.45, 2.75) is 13.0 Å². The molecule has 1 aliphatic heterocycles. The maximum absolute atomic E-state index is 12.5. The molecule has 9 heteroatoms. The third kappa shape index (κ3) is 4.15. The van der Waals surface area contributed by atoms with E-state index in [9.17, 15) is 14.4 Å². The van der Waals surface area contributed by atoms with Crippen LogP contribution in [0.3, 0.4) is 0 Å². The minimum Gasteiger partial charge on any atom is -0.478 e. The molecule has 2 amide bonds. The first-order chi connectivity index (χ1) is 12.3. The number of methoxy groups -OCH3 is 1. The van der Waals surface area contributed by atoms with Crippen molar-refractivity contribution >= 4 is 58.2 Å². The smallest absolute Gasteiger partial charge is 0.328 e. The highest BCUT2D eigenvalue weighted by Gasteiger charge is 2.41. The molecule has 26 heavy (non-hydrogen) atoms. The Morgan fingerprint density at radius 3 is 2.54 bits per heavy atom. The highest BCUT2D eigenvalue weighted by Crippen LogP contribution is 2.37. The number of nitrogens with zero attached hydrogens (tertiary/aromatic N) is 1. The van der Waals surface area contributed by atoms with Crippen LogP contribution in [0.4, 0.5) is 4.79 Å². The van der Waals surface area contributed by atoms with E-state index in [4.69, 9.17) is 34.4 Å². The fourth-order valence-electron chi connectivity index (χ4n) is 2.16. The first-order valence-corrected chi connectivity index (χ1v) is 8.77. The van der Waals surface area contributed by atoms with E-state index in [2.05, 4.69) is 10.7 Å². The summed E-state index contributed by atoms with van der Waals surface area (Å²) in [5, 5.41) is -0.146. The lowest BCUT2D eigenvalue weighted by molar-refractivity contribution is -0.148. The molecule has 0 aromatic heterocycles. The van der Waals surface area contributed by atoms with Crippen LogP contribution >= 0.6 is 35.0 Å². The first-order valence-electron chi connectivity index (χ1n) is 7.20. The van der Waals surface area contributed by atoms with Crippen molar-refractivity contribution in [1.29, 1.82) is 0 Å². The molecular weight excluding hydrogens is 401 g/mol. The van der Waals surface area contributed by atoms with Gasteiger partial charge in [0, 0.05) is 0 Å². The summed E-state index contributed by atoms with van der Waals surface area (Å²) in [6.07, 6.45) is 6.59. The Balaban J connectivity index is 2.31. The molecule has 0 unspecified atom stereocenters. The van der Waals surface area contributed by atoms with Gasteiger partial charge in [0.05, 0.1) is 22.1 Å². The molecule has 0 N–H and O–H groups in total. The second-order valence-corrected chi connectivity index (χ2v) is 6.86. The van der Waals surface area contributed by atoms with Gasteiger partial charge in [-0.25, -0.2) is 4.79 Å². The maximum Gasteiger partial charge on any atom is 0.328 e. The number of hydrogen-bond acceptors (Lipinski definition) is 6. The summed E-state index contributed by atoms with van der Waals surface area (Å²) in [5.41, 5.74) is 0.490. The molecule has 0 spiro atoms. The van der Waals surface area contributed by atoms with Crippen molar-refractivity contribution in [2.75, 3.05) is 13.7 Å². The first kappa shape index (κ1) is 20.2. The Labute approximate surface area is 164 Å². The second-order valence-electron chi connectivity index (χ2n) is 5.06. The van der Waals surface area contributed by atoms with E-state index in [1.165, 1.54) is 32.2 Å². The summed E-state index contributed by atoms with van der Waals surface area (Å²) in [7, 11) is 1.18. The van der Waals surface area contributed by atoms with Crippen LogP contribution in [0.15, 0.2) is 17.0 Å². The predicted octanol–water partition coefficient (Wildman–Crippen LogP) is 3.60. The SMILES string of the molecule is C#CCOc1c(Cl)cc(/C=C2/SC(=O)N([C@@H](C)C(=O)OC)C2=O)cc1Cl. The minimum absolute atomic E-state index is 0.00307. The van der Waals surface area contributed by atoms with Crippen LogP contribution in [0, 0.1) is 12.3 Å². The monoisotopic (exact) mass is 413 g/mol. The largest absolute Gasteiger partial charge is 0.478 e. The van der Waals surface area contributed by atoms with Gasteiger partial charge >= 0.3 is 5.97 Å². The number of halogens is 2. The third-order valence-electron chi connectivity index (χ3n) is 3.37. The summed E-state index contributed by atoms with van der Waals surface area (Å²) in [5.74, 6) is 1.25. The van der Waals surface area contributed by atoms with Crippen molar-refractivity contribution < 1.29 is 23.9 Å². The van der Waals surface area contributed by atoms with E-state index in [-0.39, 0.29) is 27.3 Å². The molecule has 6 nitrogen and oxygen atoms in total. The van der Waals surface area contributed by atoms with Crippen molar-refractivity contribution in [3.63, 3.8) is 0 Å². The average molecular weight is 414 g/mol. The third-order valence-corrected chi connectivity index (χ3v) is 4.82. The van der Waals surface area contributed by atoms with Gasteiger partial charge in [0.25, 0.3) is 11.1 Å². The van der Waals surface area contributed by atoms with Crippen LogP contribution < -0.4 is 4.74 Å². The van der Waals surface area contributed by atoms with Crippen molar-refractivity contribution in [2.24, 2.45) is 0 Å². The number of esters is 1. The van der Waals surface area contributed by atoms with Crippen LogP contribution in [0.2, 0.25) is 10.0 Å². The number of benzene rings is 1. The topological polar surface area (TPSA) is 72.9 Å². The molecular formula is C17H13Cl2NO5S. The van der Waals surface area contributed by atoms with Crippen molar-refractivity contribution in [3.05, 3.63) is 32.6 Å². The molecule has 1 saturated heterocycles. The molecule has 0 aliphatic carbocycles. The van der Waals surface area contributed by atoms with E-state index < -0.39 is 23.2 Å². The van der Waals surface area contributed by atoms with Crippen LogP contribution in [-0.4, -0.2) is 41.8 Å². The lowest BCUT2D eigenvalue weighted by Crippen LogP contribution is -2.42. The van der Waals surface area contributed by atoms with Gasteiger partial charge in [-0.1, -0.05) is 29.1 Å². The molecule has 1 aromatic rings. The number of ether oxygens (including phenoxy) is 2. The van der Waals surface area contributed by atoms with Gasteiger partial charge in [0.15, 0.2) is 5.75 Å². The average Bonchev–Trinajstić information content (AvgIpc) is 2.86. The number of rotatable bonds is 5. The molecule has 1 heterocycles. The van der Waals surface area contributed by atoms with Crippen LogP contribution in [0.5, 0.6) is 5.75 Å². The fraction of sp³-hybridized carbons (Fsp3) is 0.235. The molecule has 1 aromatic carbocycles. The summed E-state index contributed by atoms with van der Waals surface area (Å²) in [4.78, 5) is 37.1. The van der Waals surface area contributed by atoms with E-state index >= 15 is 0 Å². The number of amides is 2. The van der Waals surface area contributed by atoms with Gasteiger partial charge in [-0.15, -0.1) is 6.42 Å². The van der Waals surface area contributed by atoms with E-state index in [0.717, 1.165) is 4.90 Å². The predicted molar refractivity (Wildman–Crippen MR) is 100 cm³/mol. The summed E-state index contributed by atoms with van der Waals surface area (Å²) < 4.78 is 9.84. The number of thioether (sulfide) groups is 1. The van der Waals surface area contributed by atoms with E-state index in [1.807, 2.05) is 0 Å². The molecule has 0 radical (unpaired) electrons. The van der Waals surface area contributed by atoms with Crippen molar-refractivity contribution in [1.82, 2.24) is 4.90 Å². The fourth-order valence-corrected chi connectivity index (χ4v) is 3.68. The number of terminal acetylenes is 1. The molecule has 1 fully saturated rings. The zero-order valence-electron chi connectivity index (χ0n) is 13.7. The summed E-state index contributed by atoms with van der Waals surface area (Å²) in [6, 6.07) is 2.03. The number of carbonyl (C=O) groups excluding carboxylic acids is 3. The Kier molecular flexibility index (Phi) is 6.59. The summed E-state index contributed by atoms with van der Waals surface area (Å²) in [6.45, 7) is 1.42. The normalized spacial score (nSPS) is 16.6. The lowest BCUT2D eigenvalue weighted by Gasteiger charge is -2.18. The van der Waals surface area contributed by atoms with Crippen molar-refractivity contribution in [3.8, 4) is 18.1 Å². The maximum atomic E-state index is 12.5. The van der Waals surface area contributed by atoms with Gasteiger partial charge in [0.1, 0.15) is 12.6 Å². The molecule has 136 valence electrons. The van der Waals surface area contributed by atoms with Gasteiger partial charge in [-0.3, -0.25) is 14.5 Å².